The van der Waals surface area contributed by atoms with E-state index in [1.807, 2.05) is 0 Å². The molecule has 2 rings (SSSR count). The molecule has 2 fully saturated rings. The lowest BCUT2D eigenvalue weighted by Crippen LogP contribution is -2.51. The van der Waals surface area contributed by atoms with E-state index in [9.17, 15) is 19.5 Å². The SMILES string of the molecule is NC(=O)OCCNC(=O)N1C(C(=O)O)CC2CCCCC21. The Kier molecular flexibility index (Phi) is 4.87. The van der Waals surface area contributed by atoms with Crippen molar-refractivity contribution < 1.29 is 24.2 Å². The fourth-order valence-corrected chi connectivity index (χ4v) is 3.37. The van der Waals surface area contributed by atoms with Gasteiger partial charge in [-0.25, -0.2) is 14.4 Å². The predicted octanol–water partition coefficient (Wildman–Crippen LogP) is 0.509. The zero-order chi connectivity index (χ0) is 15.4. The van der Waals surface area contributed by atoms with Crippen LogP contribution in [0.3, 0.4) is 0 Å². The maximum atomic E-state index is 12.2. The molecule has 8 heteroatoms. The molecule has 0 spiro atoms. The van der Waals surface area contributed by atoms with E-state index in [0.29, 0.717) is 6.42 Å². The molecule has 8 nitrogen and oxygen atoms in total. The minimum absolute atomic E-state index is 0.00286. The number of hydrogen-bond donors (Lipinski definition) is 3. The number of carbonyl (C=O) groups is 3. The Balaban J connectivity index is 1.95. The molecule has 3 atom stereocenters. The molecule has 1 aliphatic heterocycles. The van der Waals surface area contributed by atoms with E-state index in [4.69, 9.17) is 5.73 Å². The van der Waals surface area contributed by atoms with Gasteiger partial charge in [-0.1, -0.05) is 12.8 Å². The van der Waals surface area contributed by atoms with Crippen molar-refractivity contribution in [1.29, 1.82) is 0 Å². The van der Waals surface area contributed by atoms with Crippen LogP contribution in [0.5, 0.6) is 0 Å². The summed E-state index contributed by atoms with van der Waals surface area (Å²) in [6.45, 7) is 0.0861. The Morgan fingerprint density at radius 3 is 2.67 bits per heavy atom. The van der Waals surface area contributed by atoms with Gasteiger partial charge < -0.3 is 25.8 Å². The summed E-state index contributed by atoms with van der Waals surface area (Å²) in [5.74, 6) is -0.694. The highest BCUT2D eigenvalue weighted by Gasteiger charge is 2.47. The van der Waals surface area contributed by atoms with Gasteiger partial charge in [0, 0.05) is 6.04 Å². The number of ether oxygens (including phenoxy) is 1. The van der Waals surface area contributed by atoms with Crippen molar-refractivity contribution in [2.24, 2.45) is 11.7 Å². The third kappa shape index (κ3) is 3.56. The number of likely N-dealkylation sites (tertiary alicyclic amines) is 1. The fourth-order valence-electron chi connectivity index (χ4n) is 3.37. The molecule has 0 aromatic carbocycles. The van der Waals surface area contributed by atoms with Gasteiger partial charge in [0.05, 0.1) is 6.54 Å². The van der Waals surface area contributed by atoms with Crippen molar-refractivity contribution in [3.05, 3.63) is 0 Å². The van der Waals surface area contributed by atoms with Crippen LogP contribution >= 0.6 is 0 Å². The summed E-state index contributed by atoms with van der Waals surface area (Å²) >= 11 is 0. The molecule has 2 aliphatic rings. The number of carbonyl (C=O) groups excluding carboxylic acids is 2. The van der Waals surface area contributed by atoms with E-state index >= 15 is 0 Å². The van der Waals surface area contributed by atoms with E-state index in [-0.39, 0.29) is 25.1 Å². The van der Waals surface area contributed by atoms with Crippen LogP contribution in [0.1, 0.15) is 32.1 Å². The van der Waals surface area contributed by atoms with Gasteiger partial charge in [-0.15, -0.1) is 0 Å². The summed E-state index contributed by atoms with van der Waals surface area (Å²) in [5.41, 5.74) is 4.82. The van der Waals surface area contributed by atoms with Crippen molar-refractivity contribution in [3.63, 3.8) is 0 Å². The molecule has 118 valence electrons. The first-order valence-electron chi connectivity index (χ1n) is 7.22. The second kappa shape index (κ2) is 6.64. The molecular weight excluding hydrogens is 278 g/mol. The largest absolute Gasteiger partial charge is 0.480 e. The molecule has 3 amide bonds. The zero-order valence-corrected chi connectivity index (χ0v) is 11.8. The summed E-state index contributed by atoms with van der Waals surface area (Å²) in [6, 6.07) is -1.18. The summed E-state index contributed by atoms with van der Waals surface area (Å²) in [5, 5.41) is 11.9. The van der Waals surface area contributed by atoms with Gasteiger partial charge in [0.2, 0.25) is 0 Å². The van der Waals surface area contributed by atoms with Crippen molar-refractivity contribution in [1.82, 2.24) is 10.2 Å². The molecule has 1 heterocycles. The van der Waals surface area contributed by atoms with Crippen LogP contribution < -0.4 is 11.1 Å². The average molecular weight is 299 g/mol. The molecular formula is C13H21N3O5. The number of rotatable bonds is 4. The van der Waals surface area contributed by atoms with Crippen LogP contribution in [0, 0.1) is 5.92 Å². The van der Waals surface area contributed by atoms with E-state index in [0.717, 1.165) is 25.7 Å². The van der Waals surface area contributed by atoms with Crippen molar-refractivity contribution in [2.45, 2.75) is 44.2 Å². The van der Waals surface area contributed by atoms with E-state index in [1.54, 1.807) is 0 Å². The first-order chi connectivity index (χ1) is 10.0. The summed E-state index contributed by atoms with van der Waals surface area (Å²) in [7, 11) is 0. The normalized spacial score (nSPS) is 27.8. The minimum atomic E-state index is -0.965. The van der Waals surface area contributed by atoms with Crippen LogP contribution in [0.15, 0.2) is 0 Å². The molecule has 0 aromatic rings. The molecule has 0 bridgehead atoms. The van der Waals surface area contributed by atoms with Crippen molar-refractivity contribution in [3.8, 4) is 0 Å². The topological polar surface area (TPSA) is 122 Å². The van der Waals surface area contributed by atoms with Gasteiger partial charge >= 0.3 is 18.1 Å². The molecule has 3 unspecified atom stereocenters. The van der Waals surface area contributed by atoms with Crippen LogP contribution in [0.2, 0.25) is 0 Å². The number of amides is 3. The number of hydrogen-bond acceptors (Lipinski definition) is 4. The molecule has 1 saturated carbocycles. The van der Waals surface area contributed by atoms with Crippen molar-refractivity contribution >= 4 is 18.1 Å². The van der Waals surface area contributed by atoms with E-state index < -0.39 is 24.1 Å². The van der Waals surface area contributed by atoms with Gasteiger partial charge in [-0.05, 0) is 25.2 Å². The van der Waals surface area contributed by atoms with Gasteiger partial charge in [-0.3, -0.25) is 0 Å². The van der Waals surface area contributed by atoms with Crippen LogP contribution in [0.4, 0.5) is 9.59 Å². The Bertz CT molecular complexity index is 428. The van der Waals surface area contributed by atoms with Gasteiger partial charge in [0.15, 0.2) is 0 Å². The number of nitrogens with zero attached hydrogens (tertiary/aromatic N) is 1. The number of carboxylic acid groups (broad SMARTS) is 1. The summed E-state index contributed by atoms with van der Waals surface area (Å²) in [4.78, 5) is 35.5. The quantitative estimate of drug-likeness (QED) is 0.653. The number of nitrogens with one attached hydrogen (secondary N) is 1. The van der Waals surface area contributed by atoms with E-state index in [1.165, 1.54) is 4.90 Å². The Hall–Kier alpha value is -1.99. The maximum absolute atomic E-state index is 12.2. The Morgan fingerprint density at radius 1 is 1.29 bits per heavy atom. The number of carboxylic acids is 1. The van der Waals surface area contributed by atoms with Crippen molar-refractivity contribution in [2.75, 3.05) is 13.2 Å². The fraction of sp³-hybridized carbons (Fsp3) is 0.769. The summed E-state index contributed by atoms with van der Waals surface area (Å²) in [6.07, 6.45) is 3.55. The first-order valence-corrected chi connectivity index (χ1v) is 7.22. The van der Waals surface area contributed by atoms with E-state index in [2.05, 4.69) is 10.1 Å². The smallest absolute Gasteiger partial charge is 0.404 e. The first kappa shape index (κ1) is 15.4. The Morgan fingerprint density at radius 2 is 2.00 bits per heavy atom. The highest BCUT2D eigenvalue weighted by Crippen LogP contribution is 2.39. The highest BCUT2D eigenvalue weighted by molar-refractivity contribution is 5.83. The molecule has 1 aliphatic carbocycles. The number of urea groups is 1. The third-order valence-electron chi connectivity index (χ3n) is 4.23. The number of nitrogens with two attached hydrogens (primary N) is 1. The lowest BCUT2D eigenvalue weighted by molar-refractivity contribution is -0.141. The number of aliphatic carboxylic acids is 1. The zero-order valence-electron chi connectivity index (χ0n) is 11.8. The lowest BCUT2D eigenvalue weighted by Gasteiger charge is -2.32. The third-order valence-corrected chi connectivity index (χ3v) is 4.23. The second-order valence-corrected chi connectivity index (χ2v) is 5.51. The standard InChI is InChI=1S/C13H21N3O5/c14-12(19)21-6-5-15-13(20)16-9-4-2-1-3-8(9)7-10(16)11(17)18/h8-10H,1-7H2,(H2,14,19)(H,15,20)(H,17,18). The Labute approximate surface area is 122 Å². The molecule has 4 N–H and O–H groups in total. The molecule has 1 saturated heterocycles. The minimum Gasteiger partial charge on any atom is -0.480 e. The summed E-state index contributed by atoms with van der Waals surface area (Å²) < 4.78 is 4.53. The van der Waals surface area contributed by atoms with Crippen LogP contribution in [-0.4, -0.2) is 53.3 Å². The molecule has 21 heavy (non-hydrogen) atoms. The monoisotopic (exact) mass is 299 g/mol. The van der Waals surface area contributed by atoms with Crippen LogP contribution in [-0.2, 0) is 9.53 Å². The number of primary amides is 1. The average Bonchev–Trinajstić information content (AvgIpc) is 2.83. The number of fused-ring (bicyclic) bond motifs is 1. The van der Waals surface area contributed by atoms with Gasteiger partial charge in [0.25, 0.3) is 0 Å². The second-order valence-electron chi connectivity index (χ2n) is 5.51. The molecule has 0 radical (unpaired) electrons. The predicted molar refractivity (Wildman–Crippen MR) is 72.6 cm³/mol. The van der Waals surface area contributed by atoms with Gasteiger partial charge in [0.1, 0.15) is 12.6 Å². The lowest BCUT2D eigenvalue weighted by atomic mass is 9.85. The molecule has 0 aromatic heterocycles. The maximum Gasteiger partial charge on any atom is 0.404 e. The van der Waals surface area contributed by atoms with Gasteiger partial charge in [-0.2, -0.15) is 0 Å². The van der Waals surface area contributed by atoms with Crippen LogP contribution in [0.25, 0.3) is 0 Å². The highest BCUT2D eigenvalue weighted by atomic mass is 16.5.